The molecule has 1 fully saturated rings. The number of halogens is 4. The Morgan fingerprint density at radius 3 is 2.06 bits per heavy atom. The molecule has 4 rings (SSSR count). The molecular weight excluding hydrogens is 583 g/mol. The molecule has 3 aromatic rings. The Kier molecular flexibility index (Phi) is 6.90. The molecule has 3 amide bonds. The van der Waals surface area contributed by atoms with Gasteiger partial charge in [-0.1, -0.05) is 35.3 Å². The Morgan fingerprint density at radius 1 is 0.906 bits per heavy atom. The number of carbonyl (C=O) groups is 2. The fourth-order valence-electron chi connectivity index (χ4n) is 3.06. The monoisotopic (exact) mass is 594 g/mol. The first kappa shape index (κ1) is 22.9. The van der Waals surface area contributed by atoms with Gasteiger partial charge in [0.05, 0.1) is 14.6 Å². The molecule has 0 saturated carbocycles. The van der Waals surface area contributed by atoms with E-state index in [0.29, 0.717) is 42.6 Å². The highest BCUT2D eigenvalue weighted by molar-refractivity contribution is 9.11. The van der Waals surface area contributed by atoms with Crippen molar-refractivity contribution >= 4 is 78.8 Å². The number of benzene rings is 3. The van der Waals surface area contributed by atoms with Gasteiger partial charge in [-0.2, -0.15) is 0 Å². The van der Waals surface area contributed by atoms with E-state index >= 15 is 0 Å². The molecule has 1 heterocycles. The molecule has 1 aliphatic rings. The second kappa shape index (κ2) is 9.67. The summed E-state index contributed by atoms with van der Waals surface area (Å²) in [4.78, 5) is 26.2. The molecule has 9 heteroatoms. The molecule has 32 heavy (non-hydrogen) atoms. The van der Waals surface area contributed by atoms with Crippen molar-refractivity contribution in [3.05, 3.63) is 96.5 Å². The lowest BCUT2D eigenvalue weighted by atomic mass is 10.1. The van der Waals surface area contributed by atoms with Crippen LogP contribution in [-0.4, -0.2) is 11.9 Å². The van der Waals surface area contributed by atoms with E-state index in [4.69, 9.17) is 27.9 Å². The molecule has 0 unspecified atom stereocenters. The van der Waals surface area contributed by atoms with Gasteiger partial charge in [-0.3, -0.25) is 4.79 Å². The molecule has 1 N–H and O–H groups in total. The minimum Gasteiger partial charge on any atom is -0.487 e. The second-order valence-electron chi connectivity index (χ2n) is 6.83. The number of ether oxygens (including phenoxy) is 1. The highest BCUT2D eigenvalue weighted by Crippen LogP contribution is 2.36. The molecule has 1 saturated heterocycles. The minimum absolute atomic E-state index is 0.165. The largest absolute Gasteiger partial charge is 0.487 e. The van der Waals surface area contributed by atoms with Crippen LogP contribution in [0.1, 0.15) is 11.1 Å². The third-order valence-electron chi connectivity index (χ3n) is 4.59. The van der Waals surface area contributed by atoms with E-state index in [2.05, 4.69) is 37.2 Å². The number of imide groups is 1. The smallest absolute Gasteiger partial charge is 0.333 e. The lowest BCUT2D eigenvalue weighted by Crippen LogP contribution is -2.30. The number of hydrogen-bond donors (Lipinski definition) is 1. The Balaban J connectivity index is 1.54. The van der Waals surface area contributed by atoms with E-state index in [9.17, 15) is 9.59 Å². The number of hydrogen-bond acceptors (Lipinski definition) is 3. The summed E-state index contributed by atoms with van der Waals surface area (Å²) in [7, 11) is 0. The van der Waals surface area contributed by atoms with Crippen LogP contribution in [0.5, 0.6) is 5.75 Å². The van der Waals surface area contributed by atoms with Crippen LogP contribution in [0, 0.1) is 0 Å². The van der Waals surface area contributed by atoms with Gasteiger partial charge >= 0.3 is 6.03 Å². The number of amides is 3. The number of rotatable bonds is 5. The molecule has 3 aromatic carbocycles. The van der Waals surface area contributed by atoms with Crippen LogP contribution < -0.4 is 15.0 Å². The summed E-state index contributed by atoms with van der Waals surface area (Å²) in [5, 5.41) is 3.79. The number of nitrogens with one attached hydrogen (secondary N) is 1. The lowest BCUT2D eigenvalue weighted by Gasteiger charge is -2.12. The summed E-state index contributed by atoms with van der Waals surface area (Å²) < 4.78 is 7.32. The molecule has 162 valence electrons. The van der Waals surface area contributed by atoms with E-state index in [-0.39, 0.29) is 5.70 Å². The molecule has 5 nitrogen and oxygen atoms in total. The fourth-order valence-corrected chi connectivity index (χ4v) is 4.77. The third-order valence-corrected chi connectivity index (χ3v) is 6.27. The van der Waals surface area contributed by atoms with Crippen molar-refractivity contribution in [2.75, 3.05) is 4.90 Å². The molecule has 0 spiro atoms. The number of urea groups is 1. The maximum Gasteiger partial charge on any atom is 0.333 e. The Bertz CT molecular complexity index is 1210. The number of nitrogens with zero attached hydrogens (tertiary/aromatic N) is 1. The first-order valence-electron chi connectivity index (χ1n) is 9.31. The van der Waals surface area contributed by atoms with Gasteiger partial charge in [-0.15, -0.1) is 0 Å². The van der Waals surface area contributed by atoms with Crippen LogP contribution in [-0.2, 0) is 11.4 Å². The van der Waals surface area contributed by atoms with Crippen molar-refractivity contribution in [2.24, 2.45) is 0 Å². The van der Waals surface area contributed by atoms with Gasteiger partial charge in [0.1, 0.15) is 18.1 Å². The maximum absolute atomic E-state index is 12.8. The zero-order chi connectivity index (χ0) is 22.8. The Morgan fingerprint density at radius 2 is 1.47 bits per heavy atom. The van der Waals surface area contributed by atoms with E-state index in [0.717, 1.165) is 10.5 Å². The number of anilines is 1. The van der Waals surface area contributed by atoms with Crippen LogP contribution in [0.2, 0.25) is 10.0 Å². The van der Waals surface area contributed by atoms with Gasteiger partial charge in [-0.05, 0) is 97.6 Å². The molecular formula is C23H14Br2Cl2N2O3. The quantitative estimate of drug-likeness (QED) is 0.250. The average Bonchev–Trinajstić information content (AvgIpc) is 3.02. The van der Waals surface area contributed by atoms with E-state index < -0.39 is 11.9 Å². The van der Waals surface area contributed by atoms with Crippen molar-refractivity contribution in [1.29, 1.82) is 0 Å². The molecule has 0 atom stereocenters. The van der Waals surface area contributed by atoms with E-state index in [1.165, 1.54) is 0 Å². The third kappa shape index (κ3) is 5.02. The van der Waals surface area contributed by atoms with Crippen LogP contribution in [0.25, 0.3) is 6.08 Å². The molecule has 0 radical (unpaired) electrons. The summed E-state index contributed by atoms with van der Waals surface area (Å²) in [6, 6.07) is 17.0. The van der Waals surface area contributed by atoms with Crippen LogP contribution in [0.4, 0.5) is 10.5 Å². The van der Waals surface area contributed by atoms with Gasteiger partial charge < -0.3 is 10.1 Å². The first-order valence-corrected chi connectivity index (χ1v) is 11.6. The minimum atomic E-state index is -0.523. The van der Waals surface area contributed by atoms with Gasteiger partial charge in [-0.25, -0.2) is 9.69 Å². The summed E-state index contributed by atoms with van der Waals surface area (Å²) >= 11 is 18.8. The zero-order valence-electron chi connectivity index (χ0n) is 16.2. The predicted octanol–water partition coefficient (Wildman–Crippen LogP) is 7.19. The summed E-state index contributed by atoms with van der Waals surface area (Å²) in [5.41, 5.74) is 2.28. The highest BCUT2D eigenvalue weighted by atomic mass is 79.9. The lowest BCUT2D eigenvalue weighted by molar-refractivity contribution is -0.113. The second-order valence-corrected chi connectivity index (χ2v) is 9.42. The summed E-state index contributed by atoms with van der Waals surface area (Å²) in [6.45, 7) is 0.361. The highest BCUT2D eigenvalue weighted by Gasteiger charge is 2.34. The Labute approximate surface area is 211 Å². The fraction of sp³-hybridized carbons (Fsp3) is 0.0435. The SMILES string of the molecule is O=C1N/C(=C/c2cc(Br)c(OCc3ccc(Cl)cc3)c(Br)c2)C(=O)N1c1ccc(Cl)cc1. The van der Waals surface area contributed by atoms with Crippen molar-refractivity contribution in [3.63, 3.8) is 0 Å². The van der Waals surface area contributed by atoms with Crippen LogP contribution in [0.15, 0.2) is 75.3 Å². The van der Waals surface area contributed by atoms with Crippen molar-refractivity contribution in [3.8, 4) is 5.75 Å². The van der Waals surface area contributed by atoms with E-state index in [1.807, 2.05) is 12.1 Å². The topological polar surface area (TPSA) is 58.6 Å². The number of carbonyl (C=O) groups excluding carboxylic acids is 2. The maximum atomic E-state index is 12.8. The molecule has 0 bridgehead atoms. The van der Waals surface area contributed by atoms with Gasteiger partial charge in [0.2, 0.25) is 0 Å². The normalized spacial score (nSPS) is 14.8. The van der Waals surface area contributed by atoms with Crippen LogP contribution in [0.3, 0.4) is 0 Å². The van der Waals surface area contributed by atoms with Crippen molar-refractivity contribution in [2.45, 2.75) is 6.61 Å². The zero-order valence-corrected chi connectivity index (χ0v) is 20.9. The van der Waals surface area contributed by atoms with E-state index in [1.54, 1.807) is 54.6 Å². The van der Waals surface area contributed by atoms with Crippen molar-refractivity contribution in [1.82, 2.24) is 5.32 Å². The Hall–Kier alpha value is -2.32. The van der Waals surface area contributed by atoms with Gasteiger partial charge in [0.25, 0.3) is 5.91 Å². The first-order chi connectivity index (χ1) is 15.3. The van der Waals surface area contributed by atoms with Gasteiger partial charge in [0.15, 0.2) is 0 Å². The summed E-state index contributed by atoms with van der Waals surface area (Å²) in [5.74, 6) is 0.166. The predicted molar refractivity (Wildman–Crippen MR) is 133 cm³/mol. The molecule has 0 aromatic heterocycles. The molecule has 0 aliphatic carbocycles. The van der Waals surface area contributed by atoms with Crippen LogP contribution >= 0.6 is 55.1 Å². The average molecular weight is 597 g/mol. The summed E-state index contributed by atoms with van der Waals surface area (Å²) in [6.07, 6.45) is 1.61. The van der Waals surface area contributed by atoms with Gasteiger partial charge in [0, 0.05) is 10.0 Å². The standard InChI is InChI=1S/C23H14Br2Cl2N2O3/c24-18-9-14(10-19(25)21(18)32-12-13-1-3-15(26)4-2-13)11-20-22(30)29(23(31)28-20)17-7-5-16(27)6-8-17/h1-11H,12H2,(H,28,31)/b20-11+. The van der Waals surface area contributed by atoms with Crippen molar-refractivity contribution < 1.29 is 14.3 Å². The molecule has 1 aliphatic heterocycles.